The van der Waals surface area contributed by atoms with Crippen LogP contribution in [-0.2, 0) is 6.54 Å². The molecule has 0 spiro atoms. The van der Waals surface area contributed by atoms with Gasteiger partial charge in [0.15, 0.2) is 0 Å². The van der Waals surface area contributed by atoms with Crippen LogP contribution in [0.2, 0.25) is 0 Å². The molecule has 0 aromatic carbocycles. The summed E-state index contributed by atoms with van der Waals surface area (Å²) in [6, 6.07) is 3.45. The van der Waals surface area contributed by atoms with Gasteiger partial charge in [-0.25, -0.2) is 9.78 Å². The summed E-state index contributed by atoms with van der Waals surface area (Å²) in [5.41, 5.74) is 0.906. The van der Waals surface area contributed by atoms with Gasteiger partial charge in [0.05, 0.1) is 23.4 Å². The van der Waals surface area contributed by atoms with Crippen LogP contribution in [0.3, 0.4) is 0 Å². The van der Waals surface area contributed by atoms with Crippen LogP contribution in [0.1, 0.15) is 39.9 Å². The number of nitrogens with zero attached hydrogens (tertiary/aromatic N) is 1. The molecular formula is C15H21N3O2S2. The van der Waals surface area contributed by atoms with Crippen molar-refractivity contribution in [1.82, 2.24) is 15.6 Å². The third kappa shape index (κ3) is 4.79. The van der Waals surface area contributed by atoms with Crippen LogP contribution in [0.5, 0.6) is 0 Å². The number of amides is 2. The Morgan fingerprint density at radius 2 is 2.23 bits per heavy atom. The maximum atomic E-state index is 11.9. The quantitative estimate of drug-likeness (QED) is 0.757. The van der Waals surface area contributed by atoms with E-state index in [1.54, 1.807) is 11.3 Å². The van der Waals surface area contributed by atoms with E-state index in [2.05, 4.69) is 15.6 Å². The monoisotopic (exact) mass is 339 g/mol. The largest absolute Gasteiger partial charge is 0.387 e. The van der Waals surface area contributed by atoms with Crippen LogP contribution < -0.4 is 10.6 Å². The van der Waals surface area contributed by atoms with E-state index in [1.807, 2.05) is 38.3 Å². The maximum absolute atomic E-state index is 11.9. The first-order valence-corrected chi connectivity index (χ1v) is 8.84. The highest BCUT2D eigenvalue weighted by atomic mass is 32.1. The van der Waals surface area contributed by atoms with Crippen molar-refractivity contribution < 1.29 is 9.90 Å². The number of urea groups is 1. The molecule has 3 N–H and O–H groups in total. The molecule has 2 atom stereocenters. The van der Waals surface area contributed by atoms with Gasteiger partial charge >= 0.3 is 6.03 Å². The second-order valence-corrected chi connectivity index (χ2v) is 7.62. The van der Waals surface area contributed by atoms with Gasteiger partial charge < -0.3 is 15.7 Å². The first-order valence-electron chi connectivity index (χ1n) is 7.14. The van der Waals surface area contributed by atoms with Crippen molar-refractivity contribution in [3.63, 3.8) is 0 Å². The molecule has 7 heteroatoms. The Morgan fingerprint density at radius 1 is 1.45 bits per heavy atom. The summed E-state index contributed by atoms with van der Waals surface area (Å²) in [6.07, 6.45) is -0.0540. The Morgan fingerprint density at radius 3 is 2.82 bits per heavy atom. The Kier molecular flexibility index (Phi) is 5.93. The normalized spacial score (nSPS) is 13.6. The first kappa shape index (κ1) is 16.9. The maximum Gasteiger partial charge on any atom is 0.315 e. The highest BCUT2D eigenvalue weighted by Gasteiger charge is 2.15. The number of nitrogens with one attached hydrogen (secondary N) is 2. The van der Waals surface area contributed by atoms with Gasteiger partial charge in [-0.1, -0.05) is 6.07 Å². The van der Waals surface area contributed by atoms with Crippen molar-refractivity contribution in [2.45, 2.75) is 45.9 Å². The molecule has 22 heavy (non-hydrogen) atoms. The second kappa shape index (κ2) is 7.71. The number of thiophene rings is 1. The van der Waals surface area contributed by atoms with Crippen LogP contribution in [0.25, 0.3) is 0 Å². The van der Waals surface area contributed by atoms with Gasteiger partial charge in [0.2, 0.25) is 0 Å². The summed E-state index contributed by atoms with van der Waals surface area (Å²) in [6.45, 7) is 6.26. The van der Waals surface area contributed by atoms with Gasteiger partial charge in [0, 0.05) is 15.8 Å². The van der Waals surface area contributed by atoms with Crippen LogP contribution in [-0.4, -0.2) is 22.2 Å². The van der Waals surface area contributed by atoms with Gasteiger partial charge in [0.1, 0.15) is 0 Å². The SMILES string of the molecule is Cc1nc(CNC(=O)NC(C)CC(O)c2cccs2)c(C)s1. The molecule has 120 valence electrons. The number of rotatable bonds is 6. The average molecular weight is 339 g/mol. The fourth-order valence-corrected chi connectivity index (χ4v) is 3.73. The van der Waals surface area contributed by atoms with E-state index in [0.29, 0.717) is 13.0 Å². The lowest BCUT2D eigenvalue weighted by Crippen LogP contribution is -2.41. The molecule has 5 nitrogen and oxygen atoms in total. The molecule has 2 aromatic heterocycles. The summed E-state index contributed by atoms with van der Waals surface area (Å²) >= 11 is 3.14. The number of thiazole rings is 1. The summed E-state index contributed by atoms with van der Waals surface area (Å²) in [7, 11) is 0. The smallest absolute Gasteiger partial charge is 0.315 e. The van der Waals surface area contributed by atoms with Gasteiger partial charge in [-0.05, 0) is 38.6 Å². The molecule has 2 heterocycles. The molecule has 0 aliphatic rings. The van der Waals surface area contributed by atoms with Crippen LogP contribution in [0.15, 0.2) is 17.5 Å². The first-order chi connectivity index (χ1) is 10.5. The Bertz CT molecular complexity index is 610. The number of aromatic nitrogens is 1. The van der Waals surface area contributed by atoms with E-state index in [0.717, 1.165) is 20.5 Å². The predicted molar refractivity (Wildman–Crippen MR) is 90.3 cm³/mol. The number of aliphatic hydroxyl groups excluding tert-OH is 1. The highest BCUT2D eigenvalue weighted by Crippen LogP contribution is 2.22. The molecule has 2 unspecified atom stereocenters. The highest BCUT2D eigenvalue weighted by molar-refractivity contribution is 7.11. The lowest BCUT2D eigenvalue weighted by Gasteiger charge is -2.17. The lowest BCUT2D eigenvalue weighted by atomic mass is 10.1. The van der Waals surface area contributed by atoms with Crippen LogP contribution >= 0.6 is 22.7 Å². The molecule has 0 aliphatic carbocycles. The van der Waals surface area contributed by atoms with E-state index >= 15 is 0 Å². The zero-order valence-corrected chi connectivity index (χ0v) is 14.6. The van der Waals surface area contributed by atoms with E-state index in [1.165, 1.54) is 11.3 Å². The van der Waals surface area contributed by atoms with Crippen LogP contribution in [0, 0.1) is 13.8 Å². The Balaban J connectivity index is 1.75. The number of aryl methyl sites for hydroxylation is 2. The summed E-state index contributed by atoms with van der Waals surface area (Å²) in [5.74, 6) is 0. The number of hydrogen-bond donors (Lipinski definition) is 3. The molecule has 0 saturated heterocycles. The lowest BCUT2D eigenvalue weighted by molar-refractivity contribution is 0.158. The molecule has 2 aromatic rings. The third-order valence-electron chi connectivity index (χ3n) is 3.24. The minimum atomic E-state index is -0.543. The molecule has 0 fully saturated rings. The standard InChI is InChI=1S/C15H21N3O2S2/c1-9(7-13(19)14-5-4-6-21-14)17-15(20)16-8-12-10(2)22-11(3)18-12/h4-6,9,13,19H,7-8H2,1-3H3,(H2,16,17,20). The number of hydrogen-bond acceptors (Lipinski definition) is 5. The number of carbonyl (C=O) groups is 1. The molecule has 0 aliphatic heterocycles. The molecule has 0 saturated carbocycles. The molecular weight excluding hydrogens is 318 g/mol. The minimum absolute atomic E-state index is 0.115. The van der Waals surface area contributed by atoms with Crippen molar-refractivity contribution in [1.29, 1.82) is 0 Å². The predicted octanol–water partition coefficient (Wildman–Crippen LogP) is 3.13. The van der Waals surface area contributed by atoms with E-state index in [4.69, 9.17) is 0 Å². The van der Waals surface area contributed by atoms with E-state index in [-0.39, 0.29) is 12.1 Å². The van der Waals surface area contributed by atoms with Gasteiger partial charge in [-0.15, -0.1) is 22.7 Å². The summed E-state index contributed by atoms with van der Waals surface area (Å²) in [5, 5.41) is 18.7. The zero-order valence-electron chi connectivity index (χ0n) is 12.9. The van der Waals surface area contributed by atoms with Gasteiger partial charge in [-0.2, -0.15) is 0 Å². The molecule has 0 bridgehead atoms. The van der Waals surface area contributed by atoms with E-state index in [9.17, 15) is 9.90 Å². The van der Waals surface area contributed by atoms with Crippen molar-refractivity contribution in [3.8, 4) is 0 Å². The number of carbonyl (C=O) groups excluding carboxylic acids is 1. The van der Waals surface area contributed by atoms with Crippen molar-refractivity contribution >= 4 is 28.7 Å². The third-order valence-corrected chi connectivity index (χ3v) is 5.14. The second-order valence-electron chi connectivity index (χ2n) is 5.23. The van der Waals surface area contributed by atoms with Crippen molar-refractivity contribution in [2.24, 2.45) is 0 Å². The average Bonchev–Trinajstić information content (AvgIpc) is 3.06. The fraction of sp³-hybridized carbons (Fsp3) is 0.467. The molecule has 2 amide bonds. The van der Waals surface area contributed by atoms with E-state index < -0.39 is 6.10 Å². The van der Waals surface area contributed by atoms with Crippen molar-refractivity contribution in [2.75, 3.05) is 0 Å². The van der Waals surface area contributed by atoms with Crippen LogP contribution in [0.4, 0.5) is 4.79 Å². The van der Waals surface area contributed by atoms with Crippen molar-refractivity contribution in [3.05, 3.63) is 38.0 Å². The topological polar surface area (TPSA) is 74.2 Å². The summed E-state index contributed by atoms with van der Waals surface area (Å²) in [4.78, 5) is 18.3. The molecule has 2 rings (SSSR count). The van der Waals surface area contributed by atoms with Gasteiger partial charge in [0.25, 0.3) is 0 Å². The zero-order chi connectivity index (χ0) is 16.1. The minimum Gasteiger partial charge on any atom is -0.387 e. The van der Waals surface area contributed by atoms with Gasteiger partial charge in [-0.3, -0.25) is 0 Å². The molecule has 0 radical (unpaired) electrons. The number of aliphatic hydroxyl groups is 1. The Labute approximate surface area is 138 Å². The fourth-order valence-electron chi connectivity index (χ4n) is 2.17. The Hall–Kier alpha value is -1.44. The summed E-state index contributed by atoms with van der Waals surface area (Å²) < 4.78 is 0.